The van der Waals surface area contributed by atoms with E-state index < -0.39 is 6.10 Å². The van der Waals surface area contributed by atoms with Crippen LogP contribution in [0.3, 0.4) is 0 Å². The molecule has 3 aliphatic rings. The lowest BCUT2D eigenvalue weighted by Gasteiger charge is -2.38. The lowest BCUT2D eigenvalue weighted by Crippen LogP contribution is -2.45. The number of hydrogen-bond acceptors (Lipinski definition) is 7. The van der Waals surface area contributed by atoms with E-state index >= 15 is 0 Å². The molecule has 0 radical (unpaired) electrons. The first-order valence-electron chi connectivity index (χ1n) is 11.4. The number of β-amino-alcohol motifs (C(OH)–C–C–N with tert-alkyl or cyclic N) is 1. The van der Waals surface area contributed by atoms with E-state index in [1.807, 2.05) is 24.0 Å². The van der Waals surface area contributed by atoms with Crippen LogP contribution in [0.5, 0.6) is 5.88 Å². The molecule has 1 atom stereocenters. The number of hydrogen-bond donors (Lipinski definition) is 1. The van der Waals surface area contributed by atoms with Crippen molar-refractivity contribution in [3.05, 3.63) is 52.7 Å². The van der Waals surface area contributed by atoms with Gasteiger partial charge in [0, 0.05) is 30.9 Å². The first kappa shape index (κ1) is 21.9. The van der Waals surface area contributed by atoms with Crippen molar-refractivity contribution in [2.45, 2.75) is 38.9 Å². The van der Waals surface area contributed by atoms with Crippen LogP contribution in [0.25, 0.3) is 0 Å². The van der Waals surface area contributed by atoms with Crippen molar-refractivity contribution in [1.82, 2.24) is 9.88 Å². The highest BCUT2D eigenvalue weighted by Crippen LogP contribution is 2.43. The summed E-state index contributed by atoms with van der Waals surface area (Å²) in [6, 6.07) is 7.24. The number of ether oxygens (including phenoxy) is 2. The predicted molar refractivity (Wildman–Crippen MR) is 121 cm³/mol. The maximum atomic E-state index is 13.4. The third kappa shape index (κ3) is 3.77. The topological polar surface area (TPSA) is 92.2 Å². The van der Waals surface area contributed by atoms with Crippen molar-refractivity contribution in [2.75, 3.05) is 38.2 Å². The lowest BCUT2D eigenvalue weighted by atomic mass is 9.77. The standard InChI is InChI=1S/C25H29N3O5/c1-16-18(3-4-19-20(16)15-33-23(19)30)21(29)14-27-10-6-25(7-11-27)8-12-28(24(25)31)17-5-9-26-22(13-17)32-2/h3-5,9,13,21,29H,6-8,10-12,14-15H2,1-2H3/t21-/m0/s1. The molecule has 2 fully saturated rings. The molecular weight excluding hydrogens is 422 g/mol. The highest BCUT2D eigenvalue weighted by molar-refractivity contribution is 6.00. The van der Waals surface area contributed by atoms with Gasteiger partial charge < -0.3 is 24.4 Å². The molecule has 8 nitrogen and oxygen atoms in total. The average molecular weight is 452 g/mol. The largest absolute Gasteiger partial charge is 0.481 e. The minimum Gasteiger partial charge on any atom is -0.481 e. The Kier molecular flexibility index (Phi) is 5.58. The second-order valence-corrected chi connectivity index (χ2v) is 9.24. The quantitative estimate of drug-likeness (QED) is 0.699. The fraction of sp³-hybridized carbons (Fsp3) is 0.480. The monoisotopic (exact) mass is 451 g/mol. The van der Waals surface area contributed by atoms with Crippen LogP contribution < -0.4 is 9.64 Å². The van der Waals surface area contributed by atoms with Crippen molar-refractivity contribution in [3.63, 3.8) is 0 Å². The number of benzene rings is 1. The fourth-order valence-electron chi connectivity index (χ4n) is 5.44. The first-order valence-corrected chi connectivity index (χ1v) is 11.4. The summed E-state index contributed by atoms with van der Waals surface area (Å²) in [5.41, 5.74) is 3.73. The van der Waals surface area contributed by atoms with Gasteiger partial charge >= 0.3 is 5.97 Å². The van der Waals surface area contributed by atoms with Gasteiger partial charge in [0.25, 0.3) is 0 Å². The number of carbonyl (C=O) groups is 2. The van der Waals surface area contributed by atoms with Crippen LogP contribution in [-0.4, -0.2) is 60.2 Å². The van der Waals surface area contributed by atoms with Crippen LogP contribution in [0.2, 0.25) is 0 Å². The molecule has 0 unspecified atom stereocenters. The number of aliphatic hydroxyl groups is 1. The molecule has 1 amide bonds. The number of rotatable bonds is 5. The van der Waals surface area contributed by atoms with E-state index in [-0.39, 0.29) is 23.9 Å². The Hall–Kier alpha value is -2.97. The second kappa shape index (κ2) is 8.43. The zero-order chi connectivity index (χ0) is 23.2. The highest BCUT2D eigenvalue weighted by Gasteiger charge is 2.48. The number of amides is 1. The number of nitrogens with zero attached hydrogens (tertiary/aromatic N) is 3. The molecule has 1 spiro atoms. The lowest BCUT2D eigenvalue weighted by molar-refractivity contribution is -0.128. The SMILES string of the molecule is COc1cc(N2CCC3(CCN(C[C@H](O)c4ccc5c(c4C)COC5=O)CC3)C2=O)ccn1. The van der Waals surface area contributed by atoms with Gasteiger partial charge in [-0.2, -0.15) is 0 Å². The van der Waals surface area contributed by atoms with Gasteiger partial charge in [0.1, 0.15) is 6.61 Å². The summed E-state index contributed by atoms with van der Waals surface area (Å²) in [6.45, 7) is 4.94. The van der Waals surface area contributed by atoms with Crippen LogP contribution in [0, 0.1) is 12.3 Å². The number of cyclic esters (lactones) is 1. The van der Waals surface area contributed by atoms with Crippen molar-refractivity contribution < 1.29 is 24.2 Å². The molecule has 33 heavy (non-hydrogen) atoms. The van der Waals surface area contributed by atoms with E-state index in [1.165, 1.54) is 0 Å². The van der Waals surface area contributed by atoms with Gasteiger partial charge in [0.15, 0.2) is 0 Å². The van der Waals surface area contributed by atoms with Crippen molar-refractivity contribution >= 4 is 17.6 Å². The predicted octanol–water partition coefficient (Wildman–Crippen LogP) is 2.62. The molecule has 4 heterocycles. The van der Waals surface area contributed by atoms with Crippen molar-refractivity contribution in [3.8, 4) is 5.88 Å². The van der Waals surface area contributed by atoms with E-state index in [2.05, 4.69) is 9.88 Å². The van der Waals surface area contributed by atoms with E-state index in [4.69, 9.17) is 9.47 Å². The number of likely N-dealkylation sites (tertiary alicyclic amines) is 1. The van der Waals surface area contributed by atoms with E-state index in [1.54, 1.807) is 25.4 Å². The molecule has 5 rings (SSSR count). The van der Waals surface area contributed by atoms with Gasteiger partial charge in [-0.25, -0.2) is 9.78 Å². The Morgan fingerprint density at radius 1 is 1.18 bits per heavy atom. The maximum absolute atomic E-state index is 13.4. The molecule has 174 valence electrons. The number of anilines is 1. The van der Waals surface area contributed by atoms with E-state index in [0.717, 1.165) is 54.7 Å². The molecule has 0 saturated carbocycles. The summed E-state index contributed by atoms with van der Waals surface area (Å²) in [6.07, 6.45) is 3.41. The van der Waals surface area contributed by atoms with Crippen LogP contribution in [0.1, 0.15) is 52.4 Å². The van der Waals surface area contributed by atoms with Crippen LogP contribution >= 0.6 is 0 Å². The number of fused-ring (bicyclic) bond motifs is 1. The van der Waals surface area contributed by atoms with Gasteiger partial charge in [0.2, 0.25) is 11.8 Å². The average Bonchev–Trinajstić information content (AvgIpc) is 3.36. The summed E-state index contributed by atoms with van der Waals surface area (Å²) < 4.78 is 10.3. The molecule has 1 aromatic heterocycles. The van der Waals surface area contributed by atoms with Gasteiger partial charge in [-0.15, -0.1) is 0 Å². The van der Waals surface area contributed by atoms with E-state index in [9.17, 15) is 14.7 Å². The van der Waals surface area contributed by atoms with Crippen LogP contribution in [0.4, 0.5) is 5.69 Å². The van der Waals surface area contributed by atoms with Gasteiger partial charge in [-0.1, -0.05) is 6.07 Å². The second-order valence-electron chi connectivity index (χ2n) is 9.24. The Morgan fingerprint density at radius 2 is 1.94 bits per heavy atom. The third-order valence-corrected chi connectivity index (χ3v) is 7.56. The summed E-state index contributed by atoms with van der Waals surface area (Å²) in [5.74, 6) is 0.383. The molecule has 0 aliphatic carbocycles. The van der Waals surface area contributed by atoms with Gasteiger partial charge in [0.05, 0.1) is 29.9 Å². The summed E-state index contributed by atoms with van der Waals surface area (Å²) >= 11 is 0. The summed E-state index contributed by atoms with van der Waals surface area (Å²) in [4.78, 5) is 33.4. The third-order valence-electron chi connectivity index (χ3n) is 7.56. The number of piperidine rings is 1. The normalized spacial score (nSPS) is 20.8. The Morgan fingerprint density at radius 3 is 2.70 bits per heavy atom. The van der Waals surface area contributed by atoms with Crippen molar-refractivity contribution in [1.29, 1.82) is 0 Å². The Balaban J connectivity index is 1.23. The molecule has 2 aromatic rings. The smallest absolute Gasteiger partial charge is 0.338 e. The first-order chi connectivity index (χ1) is 15.9. The summed E-state index contributed by atoms with van der Waals surface area (Å²) in [7, 11) is 1.57. The van der Waals surface area contributed by atoms with Crippen molar-refractivity contribution in [2.24, 2.45) is 5.41 Å². The minimum absolute atomic E-state index is 0.176. The fourth-order valence-corrected chi connectivity index (χ4v) is 5.44. The molecule has 8 heteroatoms. The van der Waals surface area contributed by atoms with Crippen LogP contribution in [0.15, 0.2) is 30.5 Å². The zero-order valence-corrected chi connectivity index (χ0v) is 19.0. The number of esters is 1. The molecule has 0 bridgehead atoms. The minimum atomic E-state index is -0.653. The van der Waals surface area contributed by atoms with E-state index in [0.29, 0.717) is 24.5 Å². The van der Waals surface area contributed by atoms with Crippen LogP contribution in [-0.2, 0) is 16.1 Å². The number of carbonyl (C=O) groups excluding carboxylic acids is 2. The maximum Gasteiger partial charge on any atom is 0.338 e. The summed E-state index contributed by atoms with van der Waals surface area (Å²) in [5, 5.41) is 10.9. The van der Waals surface area contributed by atoms with Gasteiger partial charge in [-0.3, -0.25) is 4.79 Å². The number of methoxy groups -OCH3 is 1. The molecular formula is C25H29N3O5. The highest BCUT2D eigenvalue weighted by atomic mass is 16.5. The number of aromatic nitrogens is 1. The van der Waals surface area contributed by atoms with Gasteiger partial charge in [-0.05, 0) is 62.5 Å². The molecule has 1 aromatic carbocycles. The Labute approximate surface area is 193 Å². The number of aliphatic hydroxyl groups excluding tert-OH is 1. The number of pyridine rings is 1. The molecule has 3 aliphatic heterocycles. The zero-order valence-electron chi connectivity index (χ0n) is 19.0. The Bertz CT molecular complexity index is 1090. The molecule has 2 saturated heterocycles. The molecule has 1 N–H and O–H groups in total.